The van der Waals surface area contributed by atoms with Gasteiger partial charge in [0.25, 0.3) is 5.91 Å². The second-order valence-corrected chi connectivity index (χ2v) is 6.66. The third-order valence-electron chi connectivity index (χ3n) is 4.43. The number of hydrogen-bond acceptors (Lipinski definition) is 6. The first-order valence-corrected chi connectivity index (χ1v) is 9.71. The van der Waals surface area contributed by atoms with E-state index in [2.05, 4.69) is 20.6 Å². The largest absolute Gasteiger partial charge is 0.478 e. The Morgan fingerprint density at radius 1 is 1.06 bits per heavy atom. The van der Waals surface area contributed by atoms with Crippen molar-refractivity contribution in [1.29, 1.82) is 0 Å². The van der Waals surface area contributed by atoms with Gasteiger partial charge < -0.3 is 14.8 Å². The van der Waals surface area contributed by atoms with Gasteiger partial charge in [-0.05, 0) is 25.1 Å². The highest BCUT2D eigenvalue weighted by atomic mass is 19.1. The van der Waals surface area contributed by atoms with E-state index in [1.165, 1.54) is 12.1 Å². The molecule has 0 spiro atoms. The van der Waals surface area contributed by atoms with Gasteiger partial charge in [-0.25, -0.2) is 4.39 Å². The molecule has 1 N–H and O–H groups in total. The molecule has 2 heterocycles. The normalized spacial score (nSPS) is 11.8. The van der Waals surface area contributed by atoms with Gasteiger partial charge in [0.1, 0.15) is 6.61 Å². The van der Waals surface area contributed by atoms with Crippen LogP contribution in [0.4, 0.5) is 4.39 Å². The molecule has 0 aliphatic heterocycles. The lowest BCUT2D eigenvalue weighted by Crippen LogP contribution is -2.38. The Balaban J connectivity index is 1.31. The van der Waals surface area contributed by atoms with E-state index < -0.39 is 11.9 Å². The molecule has 1 atom stereocenters. The molecule has 2 aromatic carbocycles. The number of aromatic nitrogens is 4. The van der Waals surface area contributed by atoms with E-state index >= 15 is 0 Å². The van der Waals surface area contributed by atoms with Crippen molar-refractivity contribution in [2.75, 3.05) is 13.2 Å². The highest BCUT2D eigenvalue weighted by molar-refractivity contribution is 5.80. The molecule has 0 saturated heterocycles. The summed E-state index contributed by atoms with van der Waals surface area (Å²) in [5.41, 5.74) is 1.48. The Morgan fingerprint density at radius 2 is 1.84 bits per heavy atom. The molecule has 0 unspecified atom stereocenters. The van der Waals surface area contributed by atoms with Crippen LogP contribution >= 0.6 is 0 Å². The van der Waals surface area contributed by atoms with Crippen molar-refractivity contribution in [3.05, 3.63) is 72.5 Å². The zero-order valence-electron chi connectivity index (χ0n) is 16.7. The smallest absolute Gasteiger partial charge is 0.260 e. The van der Waals surface area contributed by atoms with Gasteiger partial charge in [0.15, 0.2) is 29.1 Å². The van der Waals surface area contributed by atoms with E-state index in [1.54, 1.807) is 35.7 Å². The molecule has 31 heavy (non-hydrogen) atoms. The number of nitrogens with zero attached hydrogens (tertiary/aromatic N) is 4. The quantitative estimate of drug-likeness (QED) is 0.440. The van der Waals surface area contributed by atoms with Crippen LogP contribution in [0.3, 0.4) is 0 Å². The summed E-state index contributed by atoms with van der Waals surface area (Å²) in [7, 11) is 0. The number of carbonyl (C=O) groups excluding carboxylic acids is 1. The lowest BCUT2D eigenvalue weighted by atomic mass is 10.2. The van der Waals surface area contributed by atoms with E-state index in [0.29, 0.717) is 17.4 Å². The van der Waals surface area contributed by atoms with Crippen molar-refractivity contribution in [2.24, 2.45) is 0 Å². The summed E-state index contributed by atoms with van der Waals surface area (Å²) in [5.74, 6) is 0.112. The number of para-hydroxylation sites is 1. The average molecular weight is 421 g/mol. The molecule has 2 aromatic heterocycles. The number of carbonyl (C=O) groups is 1. The first-order valence-electron chi connectivity index (χ1n) is 9.71. The standard InChI is InChI=1S/C22H20FN5O3/c1-15(31-18-10-6-5-9-17(18)23)22(29)24-13-14-30-20-12-11-19-25-26-21(28(19)27-20)16-7-3-2-4-8-16/h2-12,15H,13-14H2,1H3,(H,24,29)/t15-/m0/s1. The fourth-order valence-corrected chi connectivity index (χ4v) is 2.87. The molecule has 158 valence electrons. The lowest BCUT2D eigenvalue weighted by molar-refractivity contribution is -0.127. The maximum Gasteiger partial charge on any atom is 0.260 e. The number of fused-ring (bicyclic) bond motifs is 1. The van der Waals surface area contributed by atoms with Crippen LogP contribution in [0.25, 0.3) is 17.0 Å². The highest BCUT2D eigenvalue weighted by Crippen LogP contribution is 2.19. The van der Waals surface area contributed by atoms with Crippen molar-refractivity contribution >= 4 is 11.6 Å². The minimum atomic E-state index is -0.850. The maximum atomic E-state index is 13.6. The van der Waals surface area contributed by atoms with Gasteiger partial charge in [0.2, 0.25) is 5.88 Å². The van der Waals surface area contributed by atoms with Crippen molar-refractivity contribution < 1.29 is 18.7 Å². The second kappa shape index (κ2) is 9.21. The number of nitrogens with one attached hydrogen (secondary N) is 1. The molecule has 4 rings (SSSR count). The third kappa shape index (κ3) is 4.77. The van der Waals surface area contributed by atoms with Crippen LogP contribution < -0.4 is 14.8 Å². The van der Waals surface area contributed by atoms with Crippen LogP contribution in [-0.4, -0.2) is 45.0 Å². The molecule has 0 bridgehead atoms. The van der Waals surface area contributed by atoms with Crippen LogP contribution in [0.2, 0.25) is 0 Å². The fourth-order valence-electron chi connectivity index (χ4n) is 2.87. The molecule has 4 aromatic rings. The molecule has 0 fully saturated rings. The maximum absolute atomic E-state index is 13.6. The molecule has 8 nitrogen and oxygen atoms in total. The summed E-state index contributed by atoms with van der Waals surface area (Å²) in [5, 5.41) is 15.4. The Labute approximate surface area is 177 Å². The average Bonchev–Trinajstić information content (AvgIpc) is 3.22. The van der Waals surface area contributed by atoms with Crippen molar-refractivity contribution in [3.63, 3.8) is 0 Å². The number of benzene rings is 2. The SMILES string of the molecule is C[C@H](Oc1ccccc1F)C(=O)NCCOc1ccc2nnc(-c3ccccc3)n2n1. The molecule has 9 heteroatoms. The first-order chi connectivity index (χ1) is 15.1. The van der Waals surface area contributed by atoms with Crippen LogP contribution in [0.5, 0.6) is 11.6 Å². The van der Waals surface area contributed by atoms with E-state index in [4.69, 9.17) is 9.47 Å². The van der Waals surface area contributed by atoms with Crippen LogP contribution in [0.1, 0.15) is 6.92 Å². The van der Waals surface area contributed by atoms with Gasteiger partial charge in [-0.2, -0.15) is 4.52 Å². The molecule has 1 amide bonds. The van der Waals surface area contributed by atoms with Gasteiger partial charge in [0, 0.05) is 11.6 Å². The summed E-state index contributed by atoms with van der Waals surface area (Å²) < 4.78 is 26.2. The van der Waals surface area contributed by atoms with Crippen LogP contribution in [0, 0.1) is 5.82 Å². The number of amides is 1. The summed E-state index contributed by atoms with van der Waals surface area (Å²) in [6.45, 7) is 1.98. The minimum absolute atomic E-state index is 0.0297. The number of hydrogen-bond donors (Lipinski definition) is 1. The lowest BCUT2D eigenvalue weighted by Gasteiger charge is -2.15. The van der Waals surface area contributed by atoms with Crippen molar-refractivity contribution in [3.8, 4) is 23.0 Å². The zero-order chi connectivity index (χ0) is 21.6. The number of ether oxygens (including phenoxy) is 2. The zero-order valence-corrected chi connectivity index (χ0v) is 16.7. The Morgan fingerprint density at radius 3 is 2.65 bits per heavy atom. The van der Waals surface area contributed by atoms with E-state index in [0.717, 1.165) is 5.56 Å². The van der Waals surface area contributed by atoms with Gasteiger partial charge in [-0.1, -0.05) is 42.5 Å². The highest BCUT2D eigenvalue weighted by Gasteiger charge is 2.16. The van der Waals surface area contributed by atoms with Gasteiger partial charge >= 0.3 is 0 Å². The fraction of sp³-hybridized carbons (Fsp3) is 0.182. The number of rotatable bonds is 8. The summed E-state index contributed by atoms with van der Waals surface area (Å²) in [4.78, 5) is 12.2. The first kappa shape index (κ1) is 20.3. The minimum Gasteiger partial charge on any atom is -0.478 e. The molecular weight excluding hydrogens is 401 g/mol. The topological polar surface area (TPSA) is 90.6 Å². The molecule has 0 aliphatic carbocycles. The Kier molecular flexibility index (Phi) is 6.02. The van der Waals surface area contributed by atoms with Crippen LogP contribution in [0.15, 0.2) is 66.7 Å². The third-order valence-corrected chi connectivity index (χ3v) is 4.43. The predicted molar refractivity (Wildman–Crippen MR) is 111 cm³/mol. The van der Waals surface area contributed by atoms with Gasteiger partial charge in [0.05, 0.1) is 6.54 Å². The van der Waals surface area contributed by atoms with Crippen LogP contribution in [-0.2, 0) is 4.79 Å². The number of halogens is 1. The Bertz CT molecular complexity index is 1180. The molecule has 0 saturated carbocycles. The molecular formula is C22H20FN5O3. The monoisotopic (exact) mass is 421 g/mol. The summed E-state index contributed by atoms with van der Waals surface area (Å²) in [6, 6.07) is 19.0. The molecule has 0 radical (unpaired) electrons. The van der Waals surface area contributed by atoms with Gasteiger partial charge in [-0.15, -0.1) is 15.3 Å². The summed E-state index contributed by atoms with van der Waals surface area (Å²) in [6.07, 6.45) is -0.850. The summed E-state index contributed by atoms with van der Waals surface area (Å²) >= 11 is 0. The Hall–Kier alpha value is -4.01. The molecule has 0 aliphatic rings. The van der Waals surface area contributed by atoms with Crippen molar-refractivity contribution in [2.45, 2.75) is 13.0 Å². The van der Waals surface area contributed by atoms with Crippen molar-refractivity contribution in [1.82, 2.24) is 25.1 Å². The van der Waals surface area contributed by atoms with E-state index in [9.17, 15) is 9.18 Å². The predicted octanol–water partition coefficient (Wildman–Crippen LogP) is 2.89. The van der Waals surface area contributed by atoms with Gasteiger partial charge in [-0.3, -0.25) is 4.79 Å². The van der Waals surface area contributed by atoms with E-state index in [1.807, 2.05) is 30.3 Å². The second-order valence-electron chi connectivity index (χ2n) is 6.66. The van der Waals surface area contributed by atoms with E-state index in [-0.39, 0.29) is 24.8 Å².